The molecular formula is C11H15ClN2O3. The van der Waals surface area contributed by atoms with Gasteiger partial charge in [-0.05, 0) is 31.5 Å². The van der Waals surface area contributed by atoms with Crippen LogP contribution < -0.4 is 5.32 Å². The molecule has 1 atom stereocenters. The molecule has 1 aromatic carbocycles. The monoisotopic (exact) mass is 258 g/mol. The van der Waals surface area contributed by atoms with Gasteiger partial charge in [0.2, 0.25) is 0 Å². The maximum absolute atomic E-state index is 10.9. The molecule has 0 amide bonds. The number of halogens is 1. The van der Waals surface area contributed by atoms with Crippen molar-refractivity contribution in [3.05, 3.63) is 33.9 Å². The van der Waals surface area contributed by atoms with E-state index in [0.29, 0.717) is 5.56 Å². The number of nitro groups is 1. The summed E-state index contributed by atoms with van der Waals surface area (Å²) in [4.78, 5) is 10.5. The molecule has 6 heteroatoms. The summed E-state index contributed by atoms with van der Waals surface area (Å²) < 4.78 is 0. The third kappa shape index (κ3) is 3.08. The van der Waals surface area contributed by atoms with Gasteiger partial charge in [-0.1, -0.05) is 6.42 Å². The molecule has 0 aliphatic carbocycles. The first-order valence-electron chi connectivity index (χ1n) is 5.39. The topological polar surface area (TPSA) is 75.4 Å². The van der Waals surface area contributed by atoms with Gasteiger partial charge in [0.25, 0.3) is 5.69 Å². The summed E-state index contributed by atoms with van der Waals surface area (Å²) in [5, 5.41) is 23.5. The van der Waals surface area contributed by atoms with Crippen LogP contribution in [0.1, 0.15) is 30.9 Å². The first-order valence-corrected chi connectivity index (χ1v) is 5.39. The van der Waals surface area contributed by atoms with Gasteiger partial charge in [-0.25, -0.2) is 0 Å². The second kappa shape index (κ2) is 5.84. The molecule has 94 valence electrons. The maximum Gasteiger partial charge on any atom is 0.274 e. The molecule has 1 saturated heterocycles. The number of phenols is 1. The summed E-state index contributed by atoms with van der Waals surface area (Å²) in [5.41, 5.74) is 0.668. The lowest BCUT2D eigenvalue weighted by molar-refractivity contribution is -0.385. The van der Waals surface area contributed by atoms with Gasteiger partial charge in [-0.3, -0.25) is 10.1 Å². The van der Waals surface area contributed by atoms with Crippen molar-refractivity contribution < 1.29 is 10.0 Å². The van der Waals surface area contributed by atoms with Crippen LogP contribution in [0.15, 0.2) is 18.2 Å². The Morgan fingerprint density at radius 1 is 1.41 bits per heavy atom. The Bertz CT molecular complexity index is 406. The fourth-order valence-corrected chi connectivity index (χ4v) is 2.10. The molecule has 0 radical (unpaired) electrons. The van der Waals surface area contributed by atoms with Crippen LogP contribution in [0.25, 0.3) is 0 Å². The third-order valence-electron chi connectivity index (χ3n) is 2.89. The zero-order chi connectivity index (χ0) is 11.5. The first-order chi connectivity index (χ1) is 7.68. The van der Waals surface area contributed by atoms with Gasteiger partial charge in [0.15, 0.2) is 0 Å². The van der Waals surface area contributed by atoms with E-state index in [0.717, 1.165) is 25.8 Å². The molecule has 0 bridgehead atoms. The van der Waals surface area contributed by atoms with Crippen LogP contribution in [-0.2, 0) is 0 Å². The lowest BCUT2D eigenvalue weighted by Crippen LogP contribution is -2.27. The number of nitrogens with zero attached hydrogens (tertiary/aromatic N) is 1. The highest BCUT2D eigenvalue weighted by Crippen LogP contribution is 2.32. The molecule has 2 rings (SSSR count). The van der Waals surface area contributed by atoms with E-state index in [-0.39, 0.29) is 29.9 Å². The van der Waals surface area contributed by atoms with E-state index in [4.69, 9.17) is 0 Å². The summed E-state index contributed by atoms with van der Waals surface area (Å²) in [6.07, 6.45) is 3.04. The van der Waals surface area contributed by atoms with Crippen molar-refractivity contribution in [3.63, 3.8) is 0 Å². The van der Waals surface area contributed by atoms with Crippen LogP contribution in [0.3, 0.4) is 0 Å². The predicted molar refractivity (Wildman–Crippen MR) is 66.6 cm³/mol. The van der Waals surface area contributed by atoms with E-state index in [1.54, 1.807) is 0 Å². The van der Waals surface area contributed by atoms with Crippen LogP contribution in [0.5, 0.6) is 5.75 Å². The molecule has 1 aliphatic rings. The molecule has 1 heterocycles. The largest absolute Gasteiger partial charge is 0.508 e. The molecule has 0 spiro atoms. The summed E-state index contributed by atoms with van der Waals surface area (Å²) in [6, 6.07) is 4.19. The number of aromatic hydroxyl groups is 1. The van der Waals surface area contributed by atoms with Crippen molar-refractivity contribution in [2.75, 3.05) is 6.54 Å². The van der Waals surface area contributed by atoms with Gasteiger partial charge in [-0.15, -0.1) is 12.4 Å². The average molecular weight is 259 g/mol. The average Bonchev–Trinajstić information content (AvgIpc) is 2.29. The van der Waals surface area contributed by atoms with Gasteiger partial charge in [0.1, 0.15) is 5.75 Å². The number of hydrogen-bond acceptors (Lipinski definition) is 4. The van der Waals surface area contributed by atoms with Crippen molar-refractivity contribution >= 4 is 18.1 Å². The fourth-order valence-electron chi connectivity index (χ4n) is 2.10. The zero-order valence-corrected chi connectivity index (χ0v) is 10.1. The second-order valence-electron chi connectivity index (χ2n) is 4.00. The Balaban J connectivity index is 0.00000144. The van der Waals surface area contributed by atoms with Gasteiger partial charge in [-0.2, -0.15) is 0 Å². The molecule has 1 aliphatic heterocycles. The lowest BCUT2D eigenvalue weighted by Gasteiger charge is -2.23. The lowest BCUT2D eigenvalue weighted by atomic mass is 9.96. The molecule has 0 unspecified atom stereocenters. The van der Waals surface area contributed by atoms with Crippen molar-refractivity contribution in [1.82, 2.24) is 5.32 Å². The van der Waals surface area contributed by atoms with Crippen LogP contribution >= 0.6 is 12.4 Å². The van der Waals surface area contributed by atoms with E-state index in [1.165, 1.54) is 18.2 Å². The third-order valence-corrected chi connectivity index (χ3v) is 2.89. The zero-order valence-electron chi connectivity index (χ0n) is 9.26. The summed E-state index contributed by atoms with van der Waals surface area (Å²) in [7, 11) is 0. The van der Waals surface area contributed by atoms with Crippen molar-refractivity contribution in [2.45, 2.75) is 25.3 Å². The molecule has 0 aromatic heterocycles. The van der Waals surface area contributed by atoms with Crippen LogP contribution in [-0.4, -0.2) is 16.6 Å². The quantitative estimate of drug-likeness (QED) is 0.631. The van der Waals surface area contributed by atoms with Crippen molar-refractivity contribution in [1.29, 1.82) is 0 Å². The predicted octanol–water partition coefficient (Wildman–Crippen LogP) is 2.54. The summed E-state index contributed by atoms with van der Waals surface area (Å²) in [6.45, 7) is 0.872. The minimum atomic E-state index is -0.398. The minimum Gasteiger partial charge on any atom is -0.508 e. The highest BCUT2D eigenvalue weighted by Gasteiger charge is 2.23. The molecular weight excluding hydrogens is 244 g/mol. The number of piperidine rings is 1. The van der Waals surface area contributed by atoms with Gasteiger partial charge < -0.3 is 10.4 Å². The first kappa shape index (κ1) is 13.7. The Labute approximate surface area is 105 Å². The highest BCUT2D eigenvalue weighted by atomic mass is 35.5. The summed E-state index contributed by atoms with van der Waals surface area (Å²) in [5.74, 6) is 0.0768. The Morgan fingerprint density at radius 2 is 2.18 bits per heavy atom. The maximum atomic E-state index is 10.9. The second-order valence-corrected chi connectivity index (χ2v) is 4.00. The van der Waals surface area contributed by atoms with Gasteiger partial charge in [0.05, 0.1) is 10.5 Å². The Hall–Kier alpha value is -1.33. The van der Waals surface area contributed by atoms with E-state index < -0.39 is 4.92 Å². The SMILES string of the molecule is Cl.O=[N+]([O-])c1ccc(O)cc1[C@@H]1CCCCN1. The van der Waals surface area contributed by atoms with E-state index in [2.05, 4.69) is 5.32 Å². The number of nitrogens with one attached hydrogen (secondary N) is 1. The number of benzene rings is 1. The van der Waals surface area contributed by atoms with E-state index in [9.17, 15) is 15.2 Å². The smallest absolute Gasteiger partial charge is 0.274 e. The Morgan fingerprint density at radius 3 is 2.76 bits per heavy atom. The van der Waals surface area contributed by atoms with Gasteiger partial charge >= 0.3 is 0 Å². The molecule has 1 fully saturated rings. The number of rotatable bonds is 2. The molecule has 2 N–H and O–H groups in total. The number of hydrogen-bond donors (Lipinski definition) is 2. The number of nitro benzene ring substituents is 1. The van der Waals surface area contributed by atoms with Crippen LogP contribution in [0.4, 0.5) is 5.69 Å². The molecule has 1 aromatic rings. The molecule has 5 nitrogen and oxygen atoms in total. The van der Waals surface area contributed by atoms with E-state index >= 15 is 0 Å². The normalized spacial score (nSPS) is 19.4. The fraction of sp³-hybridized carbons (Fsp3) is 0.455. The Kier molecular flexibility index (Phi) is 4.72. The highest BCUT2D eigenvalue weighted by molar-refractivity contribution is 5.85. The standard InChI is InChI=1S/C11H14N2O3.ClH/c14-8-4-5-11(13(15)16)9(7-8)10-3-1-2-6-12-10;/h4-5,7,10,12,14H,1-3,6H2;1H/t10-;/m0./s1. The molecule has 17 heavy (non-hydrogen) atoms. The van der Waals surface area contributed by atoms with Crippen LogP contribution in [0, 0.1) is 10.1 Å². The summed E-state index contributed by atoms with van der Waals surface area (Å²) >= 11 is 0. The van der Waals surface area contributed by atoms with Crippen molar-refractivity contribution in [3.8, 4) is 5.75 Å². The van der Waals surface area contributed by atoms with E-state index in [1.807, 2.05) is 0 Å². The minimum absolute atomic E-state index is 0. The number of phenolic OH excluding ortho intramolecular Hbond substituents is 1. The van der Waals surface area contributed by atoms with Crippen LogP contribution in [0.2, 0.25) is 0 Å². The van der Waals surface area contributed by atoms with Crippen molar-refractivity contribution in [2.24, 2.45) is 0 Å². The molecule has 0 saturated carbocycles. The van der Waals surface area contributed by atoms with Gasteiger partial charge in [0, 0.05) is 12.1 Å².